The van der Waals surface area contributed by atoms with Crippen molar-refractivity contribution in [2.75, 3.05) is 32.7 Å². The van der Waals surface area contributed by atoms with Gasteiger partial charge in [-0.15, -0.1) is 0 Å². The molecule has 0 unspecified atom stereocenters. The summed E-state index contributed by atoms with van der Waals surface area (Å²) in [6.45, 7) is 4.74. The molecule has 0 aliphatic carbocycles. The minimum absolute atomic E-state index is 0.339. The third-order valence-electron chi connectivity index (χ3n) is 1.97. The maximum atomic E-state index is 10.7. The predicted octanol–water partition coefficient (Wildman–Crippen LogP) is -1.30. The molecule has 0 aromatic rings. The topological polar surface area (TPSA) is 67.6 Å². The van der Waals surface area contributed by atoms with Gasteiger partial charge in [0, 0.05) is 32.7 Å². The van der Waals surface area contributed by atoms with Crippen LogP contribution in [0.4, 0.5) is 0 Å². The van der Waals surface area contributed by atoms with E-state index in [0.29, 0.717) is 6.42 Å². The van der Waals surface area contributed by atoms with Crippen molar-refractivity contribution in [3.63, 3.8) is 0 Å². The van der Waals surface area contributed by atoms with Gasteiger partial charge in [0.15, 0.2) is 0 Å². The van der Waals surface area contributed by atoms with Gasteiger partial charge in [-0.2, -0.15) is 5.90 Å². The summed E-state index contributed by atoms with van der Waals surface area (Å²) in [5.74, 6) is 4.37. The van der Waals surface area contributed by atoms with Crippen LogP contribution < -0.4 is 11.2 Å². The van der Waals surface area contributed by atoms with E-state index in [1.165, 1.54) is 0 Å². The van der Waals surface area contributed by atoms with Gasteiger partial charge in [0.1, 0.15) is 0 Å². The quantitative estimate of drug-likeness (QED) is 0.519. The molecule has 1 heterocycles. The van der Waals surface area contributed by atoms with E-state index >= 15 is 0 Å². The zero-order valence-corrected chi connectivity index (χ0v) is 7.08. The van der Waals surface area contributed by atoms with Gasteiger partial charge < -0.3 is 15.1 Å². The van der Waals surface area contributed by atoms with Crippen LogP contribution >= 0.6 is 0 Å². The average molecular weight is 173 g/mol. The molecule has 1 aliphatic heterocycles. The second kappa shape index (κ2) is 5.08. The van der Waals surface area contributed by atoms with Gasteiger partial charge >= 0.3 is 5.97 Å². The molecule has 1 rings (SSSR count). The van der Waals surface area contributed by atoms with Crippen molar-refractivity contribution in [3.05, 3.63) is 0 Å². The molecule has 0 bridgehead atoms. The van der Waals surface area contributed by atoms with Gasteiger partial charge in [-0.25, -0.2) is 0 Å². The number of nitrogens with zero attached hydrogens (tertiary/aromatic N) is 1. The fraction of sp³-hybridized carbons (Fsp3) is 0.857. The first-order valence-corrected chi connectivity index (χ1v) is 4.15. The highest BCUT2D eigenvalue weighted by molar-refractivity contribution is 5.69. The van der Waals surface area contributed by atoms with Gasteiger partial charge in [0.05, 0.1) is 6.42 Å². The molecule has 0 radical (unpaired) electrons. The number of carbonyl (C=O) groups is 1. The lowest BCUT2D eigenvalue weighted by Crippen LogP contribution is -2.44. The van der Waals surface area contributed by atoms with Crippen LogP contribution in [0.25, 0.3) is 0 Å². The standard InChI is InChI=1S/C7H15N3O2/c8-12-7(11)1-4-10-5-2-9-3-6-10/h9H,1-6,8H2. The molecular weight excluding hydrogens is 158 g/mol. The van der Waals surface area contributed by atoms with Gasteiger partial charge in [-0.1, -0.05) is 0 Å². The number of piperazine rings is 1. The van der Waals surface area contributed by atoms with E-state index in [1.807, 2.05) is 0 Å². The van der Waals surface area contributed by atoms with Crippen LogP contribution in [0.3, 0.4) is 0 Å². The lowest BCUT2D eigenvalue weighted by Gasteiger charge is -2.26. The van der Waals surface area contributed by atoms with E-state index in [9.17, 15) is 4.79 Å². The third kappa shape index (κ3) is 3.17. The van der Waals surface area contributed by atoms with E-state index in [1.54, 1.807) is 0 Å². The Morgan fingerprint density at radius 1 is 1.50 bits per heavy atom. The van der Waals surface area contributed by atoms with Crippen molar-refractivity contribution in [2.24, 2.45) is 5.90 Å². The SMILES string of the molecule is NOC(=O)CCN1CCNCC1. The Balaban J connectivity index is 2.09. The fourth-order valence-electron chi connectivity index (χ4n) is 1.24. The number of hydrogen-bond acceptors (Lipinski definition) is 5. The van der Waals surface area contributed by atoms with Crippen molar-refractivity contribution in [1.82, 2.24) is 10.2 Å². The summed E-state index contributed by atoms with van der Waals surface area (Å²) in [4.78, 5) is 16.9. The van der Waals surface area contributed by atoms with E-state index in [2.05, 4.69) is 15.1 Å². The molecule has 12 heavy (non-hydrogen) atoms. The number of nitrogens with two attached hydrogens (primary N) is 1. The van der Waals surface area contributed by atoms with Gasteiger partial charge in [0.25, 0.3) is 0 Å². The Labute approximate surface area is 71.8 Å². The summed E-state index contributed by atoms with van der Waals surface area (Å²) in [6.07, 6.45) is 0.385. The zero-order chi connectivity index (χ0) is 8.81. The molecule has 0 atom stereocenters. The van der Waals surface area contributed by atoms with Crippen molar-refractivity contribution in [3.8, 4) is 0 Å². The summed E-state index contributed by atoms with van der Waals surface area (Å²) in [6, 6.07) is 0. The molecule has 1 saturated heterocycles. The Morgan fingerprint density at radius 3 is 2.75 bits per heavy atom. The van der Waals surface area contributed by atoms with Crippen molar-refractivity contribution in [1.29, 1.82) is 0 Å². The monoisotopic (exact) mass is 173 g/mol. The van der Waals surface area contributed by atoms with Gasteiger partial charge in [-0.05, 0) is 0 Å². The maximum Gasteiger partial charge on any atom is 0.325 e. The summed E-state index contributed by atoms with van der Waals surface area (Å²) < 4.78 is 0. The molecule has 1 aliphatic rings. The van der Waals surface area contributed by atoms with Gasteiger partial charge in [-0.3, -0.25) is 4.79 Å². The predicted molar refractivity (Wildman–Crippen MR) is 44.2 cm³/mol. The summed E-state index contributed by atoms with van der Waals surface area (Å²) in [7, 11) is 0. The van der Waals surface area contributed by atoms with E-state index in [4.69, 9.17) is 5.90 Å². The Morgan fingerprint density at radius 2 is 2.17 bits per heavy atom. The number of carbonyl (C=O) groups excluding carboxylic acids is 1. The highest BCUT2D eigenvalue weighted by atomic mass is 16.7. The molecule has 3 N–H and O–H groups in total. The van der Waals surface area contributed by atoms with Crippen molar-refractivity contribution < 1.29 is 9.63 Å². The van der Waals surface area contributed by atoms with Crippen LogP contribution in [0.2, 0.25) is 0 Å². The van der Waals surface area contributed by atoms with E-state index in [0.717, 1.165) is 32.7 Å². The third-order valence-corrected chi connectivity index (χ3v) is 1.97. The van der Waals surface area contributed by atoms with Crippen LogP contribution in [0.5, 0.6) is 0 Å². The van der Waals surface area contributed by atoms with Crippen LogP contribution in [0.1, 0.15) is 6.42 Å². The van der Waals surface area contributed by atoms with Crippen LogP contribution in [0.15, 0.2) is 0 Å². The lowest BCUT2D eigenvalue weighted by molar-refractivity contribution is -0.144. The Bertz CT molecular complexity index is 146. The van der Waals surface area contributed by atoms with Crippen molar-refractivity contribution in [2.45, 2.75) is 6.42 Å². The molecular formula is C7H15N3O2. The number of rotatable bonds is 3. The first-order valence-electron chi connectivity index (χ1n) is 4.15. The second-order valence-electron chi connectivity index (χ2n) is 2.83. The van der Waals surface area contributed by atoms with Crippen LogP contribution in [-0.4, -0.2) is 43.6 Å². The van der Waals surface area contributed by atoms with Crippen LogP contribution in [-0.2, 0) is 9.63 Å². The molecule has 70 valence electrons. The normalized spacial score (nSPS) is 19.1. The first kappa shape index (κ1) is 9.44. The maximum absolute atomic E-state index is 10.7. The summed E-state index contributed by atoms with van der Waals surface area (Å²) in [5.41, 5.74) is 0. The molecule has 0 aromatic carbocycles. The molecule has 0 spiro atoms. The molecule has 1 fully saturated rings. The second-order valence-corrected chi connectivity index (χ2v) is 2.83. The lowest BCUT2D eigenvalue weighted by atomic mass is 10.3. The zero-order valence-electron chi connectivity index (χ0n) is 7.08. The smallest absolute Gasteiger partial charge is 0.325 e. The largest absolute Gasteiger partial charge is 0.373 e. The molecule has 5 nitrogen and oxygen atoms in total. The van der Waals surface area contributed by atoms with Crippen molar-refractivity contribution >= 4 is 5.97 Å². The van der Waals surface area contributed by atoms with E-state index < -0.39 is 0 Å². The first-order chi connectivity index (χ1) is 5.83. The number of hydrogen-bond donors (Lipinski definition) is 2. The highest BCUT2D eigenvalue weighted by Gasteiger charge is 2.10. The molecule has 0 aromatic heterocycles. The molecule has 0 amide bonds. The summed E-state index contributed by atoms with van der Waals surface area (Å²) in [5, 5.41) is 3.23. The molecule has 0 saturated carbocycles. The van der Waals surface area contributed by atoms with E-state index in [-0.39, 0.29) is 5.97 Å². The van der Waals surface area contributed by atoms with Gasteiger partial charge in [0.2, 0.25) is 0 Å². The average Bonchev–Trinajstić information content (AvgIpc) is 2.16. The van der Waals surface area contributed by atoms with Crippen LogP contribution in [0, 0.1) is 0 Å². The highest BCUT2D eigenvalue weighted by Crippen LogP contribution is 1.94. The number of nitrogens with one attached hydrogen (secondary N) is 1. The Hall–Kier alpha value is -0.650. The minimum atomic E-state index is -0.339. The Kier molecular flexibility index (Phi) is 3.99. The fourth-order valence-corrected chi connectivity index (χ4v) is 1.24. The minimum Gasteiger partial charge on any atom is -0.373 e. The summed E-state index contributed by atoms with van der Waals surface area (Å²) >= 11 is 0. The molecule has 5 heteroatoms.